The number of ether oxygens (including phenoxy) is 1. The van der Waals surface area contributed by atoms with Crippen LogP contribution in [0.3, 0.4) is 0 Å². The zero-order chi connectivity index (χ0) is 12.8. The predicted molar refractivity (Wildman–Crippen MR) is 64.7 cm³/mol. The first kappa shape index (κ1) is 13.4. The Hall–Kier alpha value is -1.69. The molecule has 0 aliphatic carbocycles. The molecular weight excluding hydrogens is 220 g/mol. The Balaban J connectivity index is 2.54. The van der Waals surface area contributed by atoms with Crippen LogP contribution in [-0.4, -0.2) is 35.9 Å². The van der Waals surface area contributed by atoms with Crippen molar-refractivity contribution in [2.45, 2.75) is 19.9 Å². The predicted octanol–water partition coefficient (Wildman–Crippen LogP) is 0.658. The van der Waals surface area contributed by atoms with Crippen molar-refractivity contribution in [2.24, 2.45) is 11.7 Å². The van der Waals surface area contributed by atoms with Gasteiger partial charge in [-0.3, -0.25) is 0 Å². The van der Waals surface area contributed by atoms with Crippen LogP contribution in [0.1, 0.15) is 24.3 Å². The number of hydrogen-bond acceptors (Lipinski definition) is 6. The summed E-state index contributed by atoms with van der Waals surface area (Å²) in [6.07, 6.45) is 0. The van der Waals surface area contributed by atoms with Crippen LogP contribution in [0, 0.1) is 5.92 Å². The molecule has 1 aromatic rings. The second-order valence-electron chi connectivity index (χ2n) is 4.08. The maximum Gasteiger partial charge on any atom is 0.358 e. The lowest BCUT2D eigenvalue weighted by Gasteiger charge is -2.16. The van der Waals surface area contributed by atoms with Gasteiger partial charge < -0.3 is 15.8 Å². The van der Waals surface area contributed by atoms with Gasteiger partial charge in [-0.05, 0) is 18.1 Å². The zero-order valence-corrected chi connectivity index (χ0v) is 10.3. The van der Waals surface area contributed by atoms with Crippen molar-refractivity contribution < 1.29 is 9.53 Å². The Kier molecular flexibility index (Phi) is 4.84. The summed E-state index contributed by atoms with van der Waals surface area (Å²) in [7, 11) is 1.30. The van der Waals surface area contributed by atoms with Crippen LogP contribution in [-0.2, 0) is 4.74 Å². The number of nitrogens with one attached hydrogen (secondary N) is 1. The molecule has 6 nitrogen and oxygen atoms in total. The van der Waals surface area contributed by atoms with Crippen LogP contribution < -0.4 is 11.1 Å². The van der Waals surface area contributed by atoms with Gasteiger partial charge in [-0.25, -0.2) is 4.79 Å². The maximum atomic E-state index is 11.1. The second kappa shape index (κ2) is 6.15. The minimum atomic E-state index is -0.497. The van der Waals surface area contributed by atoms with Gasteiger partial charge in [0.1, 0.15) is 5.82 Å². The highest BCUT2D eigenvalue weighted by molar-refractivity contribution is 5.86. The topological polar surface area (TPSA) is 90.1 Å². The van der Waals surface area contributed by atoms with E-state index in [4.69, 9.17) is 5.73 Å². The molecule has 1 rings (SSSR count). The minimum Gasteiger partial charge on any atom is -0.464 e. The van der Waals surface area contributed by atoms with Crippen molar-refractivity contribution in [1.29, 1.82) is 0 Å². The molecule has 0 amide bonds. The van der Waals surface area contributed by atoms with Crippen LogP contribution >= 0.6 is 0 Å². The largest absolute Gasteiger partial charge is 0.464 e. The third-order valence-electron chi connectivity index (χ3n) is 2.43. The Morgan fingerprint density at radius 3 is 2.65 bits per heavy atom. The van der Waals surface area contributed by atoms with Gasteiger partial charge in [0, 0.05) is 12.6 Å². The molecule has 0 saturated heterocycles. The summed E-state index contributed by atoms with van der Waals surface area (Å²) < 4.78 is 4.52. The van der Waals surface area contributed by atoms with Gasteiger partial charge in [0.2, 0.25) is 0 Å². The van der Waals surface area contributed by atoms with E-state index in [1.807, 2.05) is 0 Å². The van der Waals surface area contributed by atoms with Crippen LogP contribution in [0.5, 0.6) is 0 Å². The Bertz CT molecular complexity index is 364. The van der Waals surface area contributed by atoms with Gasteiger partial charge >= 0.3 is 5.97 Å². The maximum absolute atomic E-state index is 11.1. The Morgan fingerprint density at radius 1 is 1.47 bits per heavy atom. The lowest BCUT2D eigenvalue weighted by atomic mass is 10.1. The van der Waals surface area contributed by atoms with Gasteiger partial charge in [0.05, 0.1) is 7.11 Å². The summed E-state index contributed by atoms with van der Waals surface area (Å²) >= 11 is 0. The van der Waals surface area contributed by atoms with E-state index in [1.165, 1.54) is 7.11 Å². The minimum absolute atomic E-state index is 0.0529. The van der Waals surface area contributed by atoms with Gasteiger partial charge in [-0.1, -0.05) is 13.8 Å². The van der Waals surface area contributed by atoms with Crippen molar-refractivity contribution >= 4 is 11.8 Å². The standard InChI is InChI=1S/C11H18N4O2/c1-7(2)8(12)6-13-10-5-4-9(14-15-10)11(16)17-3/h4-5,7-8H,6,12H2,1-3H3,(H,13,15). The number of carbonyl (C=O) groups is 1. The SMILES string of the molecule is COC(=O)c1ccc(NCC(N)C(C)C)nn1. The molecule has 0 bridgehead atoms. The van der Waals surface area contributed by atoms with E-state index >= 15 is 0 Å². The third kappa shape index (κ3) is 3.99. The molecule has 0 radical (unpaired) electrons. The van der Waals surface area contributed by atoms with Crippen LogP contribution in [0.15, 0.2) is 12.1 Å². The fraction of sp³-hybridized carbons (Fsp3) is 0.545. The van der Waals surface area contributed by atoms with Crippen molar-refractivity contribution in [1.82, 2.24) is 10.2 Å². The molecule has 0 aliphatic rings. The number of anilines is 1. The van der Waals surface area contributed by atoms with E-state index in [9.17, 15) is 4.79 Å². The van der Waals surface area contributed by atoms with E-state index in [2.05, 4.69) is 34.1 Å². The van der Waals surface area contributed by atoms with E-state index in [1.54, 1.807) is 12.1 Å². The van der Waals surface area contributed by atoms with Crippen molar-refractivity contribution in [2.75, 3.05) is 19.0 Å². The summed E-state index contributed by atoms with van der Waals surface area (Å²) in [4.78, 5) is 11.1. The lowest BCUT2D eigenvalue weighted by Crippen LogP contribution is -2.34. The third-order valence-corrected chi connectivity index (χ3v) is 2.43. The van der Waals surface area contributed by atoms with Crippen molar-refractivity contribution in [3.63, 3.8) is 0 Å². The molecule has 0 aliphatic heterocycles. The first-order valence-corrected chi connectivity index (χ1v) is 5.46. The zero-order valence-electron chi connectivity index (χ0n) is 10.3. The van der Waals surface area contributed by atoms with Crippen LogP contribution in [0.4, 0.5) is 5.82 Å². The van der Waals surface area contributed by atoms with Gasteiger partial charge in [0.15, 0.2) is 5.69 Å². The summed E-state index contributed by atoms with van der Waals surface area (Å²) in [6.45, 7) is 4.72. The summed E-state index contributed by atoms with van der Waals surface area (Å²) in [5, 5.41) is 10.7. The number of nitrogens with two attached hydrogens (primary N) is 1. The molecule has 0 fully saturated rings. The van der Waals surface area contributed by atoms with E-state index in [0.717, 1.165) is 0 Å². The molecule has 17 heavy (non-hydrogen) atoms. The molecule has 0 saturated carbocycles. The number of methoxy groups -OCH3 is 1. The van der Waals surface area contributed by atoms with E-state index < -0.39 is 5.97 Å². The quantitative estimate of drug-likeness (QED) is 0.732. The van der Waals surface area contributed by atoms with Crippen molar-refractivity contribution in [3.05, 3.63) is 17.8 Å². The van der Waals surface area contributed by atoms with Gasteiger partial charge in [0.25, 0.3) is 0 Å². The molecule has 1 heterocycles. The summed E-state index contributed by atoms with van der Waals surface area (Å²) in [6, 6.07) is 3.28. The van der Waals surface area contributed by atoms with Crippen LogP contribution in [0.25, 0.3) is 0 Å². The average molecular weight is 238 g/mol. The average Bonchev–Trinajstić information content (AvgIpc) is 2.35. The molecule has 94 valence electrons. The molecule has 1 unspecified atom stereocenters. The number of nitrogens with zero attached hydrogens (tertiary/aromatic N) is 2. The number of aromatic nitrogens is 2. The fourth-order valence-electron chi connectivity index (χ4n) is 1.10. The monoisotopic (exact) mass is 238 g/mol. The summed E-state index contributed by atoms with van der Waals surface area (Å²) in [5.41, 5.74) is 6.07. The molecule has 1 aromatic heterocycles. The highest BCUT2D eigenvalue weighted by Crippen LogP contribution is 2.04. The molecule has 1 atom stereocenters. The molecule has 0 spiro atoms. The Labute approximate surface area is 101 Å². The molecule has 3 N–H and O–H groups in total. The van der Waals surface area contributed by atoms with E-state index in [0.29, 0.717) is 18.3 Å². The lowest BCUT2D eigenvalue weighted by molar-refractivity contribution is 0.0593. The Morgan fingerprint density at radius 2 is 2.18 bits per heavy atom. The first-order chi connectivity index (χ1) is 8.04. The number of esters is 1. The number of carbonyl (C=O) groups excluding carboxylic acids is 1. The second-order valence-corrected chi connectivity index (χ2v) is 4.08. The van der Waals surface area contributed by atoms with E-state index in [-0.39, 0.29) is 11.7 Å². The number of rotatable bonds is 5. The highest BCUT2D eigenvalue weighted by Gasteiger charge is 2.09. The highest BCUT2D eigenvalue weighted by atomic mass is 16.5. The normalized spacial score (nSPS) is 12.3. The van der Waals surface area contributed by atoms with Crippen LogP contribution in [0.2, 0.25) is 0 Å². The first-order valence-electron chi connectivity index (χ1n) is 5.46. The molecule has 6 heteroatoms. The van der Waals surface area contributed by atoms with Gasteiger partial charge in [-0.15, -0.1) is 10.2 Å². The number of hydrogen-bond donors (Lipinski definition) is 2. The molecule has 0 aromatic carbocycles. The van der Waals surface area contributed by atoms with Gasteiger partial charge in [-0.2, -0.15) is 0 Å². The molecular formula is C11H18N4O2. The van der Waals surface area contributed by atoms with Crippen molar-refractivity contribution in [3.8, 4) is 0 Å². The summed E-state index contributed by atoms with van der Waals surface area (Å²) in [5.74, 6) is 0.487. The fourth-order valence-corrected chi connectivity index (χ4v) is 1.10. The smallest absolute Gasteiger partial charge is 0.358 e.